The number of fused-ring (bicyclic) bond motifs is 2. The maximum atomic E-state index is 10.5. The summed E-state index contributed by atoms with van der Waals surface area (Å²) in [6.45, 7) is 2.03. The van der Waals surface area contributed by atoms with Crippen molar-refractivity contribution in [3.8, 4) is 0 Å². The number of carbonyl (C=O) groups is 1. The lowest BCUT2D eigenvalue weighted by Gasteiger charge is -2.19. The van der Waals surface area contributed by atoms with Crippen LogP contribution in [0.2, 0.25) is 0 Å². The van der Waals surface area contributed by atoms with Gasteiger partial charge in [0.2, 0.25) is 0 Å². The Morgan fingerprint density at radius 2 is 2.40 bits per heavy atom. The normalized spacial score (nSPS) is 44.2. The molecule has 2 bridgehead atoms. The minimum Gasteiger partial charge on any atom is -0.480 e. The first kappa shape index (κ1) is 6.16. The minimum atomic E-state index is -0.637. The number of carboxylic acids is 1. The van der Waals surface area contributed by atoms with E-state index < -0.39 is 5.97 Å². The van der Waals surface area contributed by atoms with Gasteiger partial charge in [-0.05, 0) is 25.3 Å². The molecular weight excluding hydrogens is 130 g/mol. The number of hydrogen-bond donors (Lipinski definition) is 1. The molecule has 0 radical (unpaired) electrons. The highest BCUT2D eigenvalue weighted by Crippen LogP contribution is 2.32. The van der Waals surface area contributed by atoms with Crippen LogP contribution in [0.4, 0.5) is 0 Å². The molecule has 2 fully saturated rings. The first-order valence-corrected chi connectivity index (χ1v) is 3.74. The average Bonchev–Trinajstić information content (AvgIpc) is 2.44. The van der Waals surface area contributed by atoms with Gasteiger partial charge in [0, 0.05) is 6.54 Å². The molecule has 0 aromatic rings. The van der Waals surface area contributed by atoms with E-state index in [-0.39, 0.29) is 6.04 Å². The predicted molar refractivity (Wildman–Crippen MR) is 35.7 cm³/mol. The van der Waals surface area contributed by atoms with Crippen LogP contribution in [0.5, 0.6) is 0 Å². The lowest BCUT2D eigenvalue weighted by molar-refractivity contribution is -0.142. The largest absolute Gasteiger partial charge is 0.480 e. The Labute approximate surface area is 59.6 Å². The zero-order valence-electron chi connectivity index (χ0n) is 5.79. The summed E-state index contributed by atoms with van der Waals surface area (Å²) < 4.78 is 0. The molecule has 0 spiro atoms. The summed E-state index contributed by atoms with van der Waals surface area (Å²) in [6, 6.07) is -0.154. The summed E-state index contributed by atoms with van der Waals surface area (Å²) in [7, 11) is 0. The van der Waals surface area contributed by atoms with E-state index in [2.05, 4.69) is 4.90 Å². The SMILES string of the molecule is O=C(O)[C@H]1C[C@H]2CCN1C2. The summed E-state index contributed by atoms with van der Waals surface area (Å²) in [4.78, 5) is 12.6. The zero-order chi connectivity index (χ0) is 7.14. The summed E-state index contributed by atoms with van der Waals surface area (Å²) in [5.41, 5.74) is 0. The van der Waals surface area contributed by atoms with E-state index >= 15 is 0 Å². The highest BCUT2D eigenvalue weighted by Gasteiger charge is 2.40. The second-order valence-electron chi connectivity index (χ2n) is 3.24. The second-order valence-corrected chi connectivity index (χ2v) is 3.24. The van der Waals surface area contributed by atoms with Gasteiger partial charge in [-0.3, -0.25) is 9.69 Å². The lowest BCUT2D eigenvalue weighted by Crippen LogP contribution is -2.36. The van der Waals surface area contributed by atoms with E-state index in [1.807, 2.05) is 0 Å². The maximum Gasteiger partial charge on any atom is 0.320 e. The van der Waals surface area contributed by atoms with E-state index in [4.69, 9.17) is 5.11 Å². The van der Waals surface area contributed by atoms with E-state index in [1.165, 1.54) is 6.42 Å². The van der Waals surface area contributed by atoms with Crippen LogP contribution < -0.4 is 0 Å². The highest BCUT2D eigenvalue weighted by atomic mass is 16.4. The van der Waals surface area contributed by atoms with Gasteiger partial charge in [-0.2, -0.15) is 0 Å². The number of piperidine rings is 1. The molecule has 2 aliphatic rings. The van der Waals surface area contributed by atoms with Crippen molar-refractivity contribution in [1.29, 1.82) is 0 Å². The van der Waals surface area contributed by atoms with Gasteiger partial charge in [0.05, 0.1) is 0 Å². The zero-order valence-corrected chi connectivity index (χ0v) is 5.79. The van der Waals surface area contributed by atoms with Crippen LogP contribution in [0.1, 0.15) is 12.8 Å². The van der Waals surface area contributed by atoms with E-state index in [9.17, 15) is 4.79 Å². The van der Waals surface area contributed by atoms with Crippen molar-refractivity contribution < 1.29 is 9.90 Å². The van der Waals surface area contributed by atoms with Crippen molar-refractivity contribution >= 4 is 5.97 Å². The fourth-order valence-corrected chi connectivity index (χ4v) is 2.06. The van der Waals surface area contributed by atoms with Gasteiger partial charge in [-0.15, -0.1) is 0 Å². The van der Waals surface area contributed by atoms with E-state index in [0.29, 0.717) is 5.92 Å². The molecule has 56 valence electrons. The number of hydrogen-bond acceptors (Lipinski definition) is 2. The Balaban J connectivity index is 2.08. The van der Waals surface area contributed by atoms with Gasteiger partial charge in [0.1, 0.15) is 6.04 Å². The summed E-state index contributed by atoms with van der Waals surface area (Å²) in [5.74, 6) is 0.0447. The molecule has 0 aliphatic carbocycles. The van der Waals surface area contributed by atoms with Crippen molar-refractivity contribution in [2.75, 3.05) is 13.1 Å². The summed E-state index contributed by atoms with van der Waals surface area (Å²) >= 11 is 0. The highest BCUT2D eigenvalue weighted by molar-refractivity contribution is 5.74. The molecule has 0 amide bonds. The third kappa shape index (κ3) is 0.736. The quantitative estimate of drug-likeness (QED) is 0.565. The molecule has 3 heteroatoms. The van der Waals surface area contributed by atoms with Gasteiger partial charge in [0.25, 0.3) is 0 Å². The molecule has 1 N–H and O–H groups in total. The topological polar surface area (TPSA) is 40.5 Å². The fourth-order valence-electron chi connectivity index (χ4n) is 2.06. The van der Waals surface area contributed by atoms with Crippen LogP contribution in [0.3, 0.4) is 0 Å². The Morgan fingerprint density at radius 1 is 1.60 bits per heavy atom. The van der Waals surface area contributed by atoms with Crippen molar-refractivity contribution in [2.45, 2.75) is 18.9 Å². The monoisotopic (exact) mass is 141 g/mol. The van der Waals surface area contributed by atoms with Gasteiger partial charge in [-0.25, -0.2) is 0 Å². The molecule has 3 atom stereocenters. The lowest BCUT2D eigenvalue weighted by atomic mass is 10.0. The first-order valence-electron chi connectivity index (χ1n) is 3.74. The molecule has 2 saturated heterocycles. The van der Waals surface area contributed by atoms with Crippen LogP contribution in [0, 0.1) is 5.92 Å². The molecule has 1 unspecified atom stereocenters. The Hall–Kier alpha value is -0.570. The fraction of sp³-hybridized carbons (Fsp3) is 0.857. The number of nitrogens with zero attached hydrogens (tertiary/aromatic N) is 1. The van der Waals surface area contributed by atoms with Crippen molar-refractivity contribution in [3.63, 3.8) is 0 Å². The van der Waals surface area contributed by atoms with Crippen molar-refractivity contribution in [2.24, 2.45) is 5.92 Å². The summed E-state index contributed by atoms with van der Waals surface area (Å²) in [5, 5.41) is 8.69. The Bertz CT molecular complexity index is 169. The summed E-state index contributed by atoms with van der Waals surface area (Å²) in [6.07, 6.45) is 2.10. The van der Waals surface area contributed by atoms with Gasteiger partial charge < -0.3 is 5.11 Å². The molecule has 2 aliphatic heterocycles. The van der Waals surface area contributed by atoms with Crippen molar-refractivity contribution in [1.82, 2.24) is 4.90 Å². The molecule has 0 aromatic carbocycles. The second kappa shape index (κ2) is 1.95. The predicted octanol–water partition coefficient (Wildman–Crippen LogP) is 0.165. The van der Waals surface area contributed by atoms with Crippen LogP contribution in [0.25, 0.3) is 0 Å². The molecule has 10 heavy (non-hydrogen) atoms. The van der Waals surface area contributed by atoms with Crippen LogP contribution in [0.15, 0.2) is 0 Å². The minimum absolute atomic E-state index is 0.154. The van der Waals surface area contributed by atoms with Crippen LogP contribution in [-0.2, 0) is 4.79 Å². The average molecular weight is 141 g/mol. The molecule has 2 rings (SSSR count). The number of carboxylic acid groups (broad SMARTS) is 1. The third-order valence-electron chi connectivity index (χ3n) is 2.60. The molecule has 0 aromatic heterocycles. The van der Waals surface area contributed by atoms with Crippen molar-refractivity contribution in [3.05, 3.63) is 0 Å². The smallest absolute Gasteiger partial charge is 0.320 e. The van der Waals surface area contributed by atoms with E-state index in [0.717, 1.165) is 19.5 Å². The first-order chi connectivity index (χ1) is 4.77. The van der Waals surface area contributed by atoms with Gasteiger partial charge in [-0.1, -0.05) is 0 Å². The van der Waals surface area contributed by atoms with Crippen LogP contribution >= 0.6 is 0 Å². The van der Waals surface area contributed by atoms with Gasteiger partial charge >= 0.3 is 5.97 Å². The van der Waals surface area contributed by atoms with Crippen LogP contribution in [-0.4, -0.2) is 35.1 Å². The number of rotatable bonds is 1. The maximum absolute atomic E-state index is 10.5. The Morgan fingerprint density at radius 3 is 2.70 bits per heavy atom. The Kier molecular flexibility index (Phi) is 1.20. The molecule has 2 heterocycles. The van der Waals surface area contributed by atoms with E-state index in [1.54, 1.807) is 0 Å². The molecule has 3 nitrogen and oxygen atoms in total. The third-order valence-corrected chi connectivity index (χ3v) is 2.60. The molecule has 0 saturated carbocycles. The number of aliphatic carboxylic acids is 1. The molecular formula is C7H11NO2. The standard InChI is InChI=1S/C7H11NO2/c9-7(10)6-3-5-1-2-8(6)4-5/h5-6H,1-4H2,(H,9,10)/t5-,6-/m1/s1. The van der Waals surface area contributed by atoms with Gasteiger partial charge in [0.15, 0.2) is 0 Å².